The summed E-state index contributed by atoms with van der Waals surface area (Å²) in [6, 6.07) is 17.1. The third-order valence-electron chi connectivity index (χ3n) is 5.90. The van der Waals surface area contributed by atoms with Gasteiger partial charge in [0, 0.05) is 57.6 Å². The average Bonchev–Trinajstić information content (AvgIpc) is 3.11. The van der Waals surface area contributed by atoms with Crippen LogP contribution in [-0.4, -0.2) is 72.1 Å². The van der Waals surface area contributed by atoms with Gasteiger partial charge < -0.3 is 14.2 Å². The third kappa shape index (κ3) is 3.28. The number of anilines is 1. The minimum atomic E-state index is 0.847. The van der Waals surface area contributed by atoms with Crippen LogP contribution in [0, 0.1) is 0 Å². The van der Waals surface area contributed by atoms with Gasteiger partial charge in [0.2, 0.25) is 0 Å². The molecular weight excluding hydrogens is 350 g/mol. The Morgan fingerprint density at radius 2 is 1.57 bits per heavy atom. The van der Waals surface area contributed by atoms with Gasteiger partial charge in [-0.1, -0.05) is 24.3 Å². The number of hydrogen-bond donors (Lipinski definition) is 0. The highest BCUT2D eigenvalue weighted by Gasteiger charge is 2.24. The first-order chi connectivity index (χ1) is 13.8. The van der Waals surface area contributed by atoms with E-state index in [-0.39, 0.29) is 0 Å². The van der Waals surface area contributed by atoms with Crippen LogP contribution < -0.4 is 4.90 Å². The quantitative estimate of drug-likeness (QED) is 0.701. The molecule has 6 nitrogen and oxygen atoms in total. The molecule has 2 aliphatic heterocycles. The van der Waals surface area contributed by atoms with E-state index in [1.54, 1.807) is 0 Å². The van der Waals surface area contributed by atoms with Crippen LogP contribution in [0.25, 0.3) is 22.4 Å². The Morgan fingerprint density at radius 1 is 0.821 bits per heavy atom. The lowest BCUT2D eigenvalue weighted by molar-refractivity contribution is -0.0919. The van der Waals surface area contributed by atoms with E-state index < -0.39 is 0 Å². The lowest BCUT2D eigenvalue weighted by Crippen LogP contribution is -2.56. The fourth-order valence-electron chi connectivity index (χ4n) is 4.32. The monoisotopic (exact) mass is 377 g/mol. The van der Waals surface area contributed by atoms with Crippen molar-refractivity contribution in [2.24, 2.45) is 7.05 Å². The van der Waals surface area contributed by atoms with E-state index in [9.17, 15) is 0 Å². The van der Waals surface area contributed by atoms with Gasteiger partial charge in [0.25, 0.3) is 0 Å². The number of para-hydroxylation sites is 2. The molecule has 2 saturated heterocycles. The van der Waals surface area contributed by atoms with Crippen molar-refractivity contribution in [1.29, 1.82) is 0 Å². The molecule has 5 rings (SSSR count). The van der Waals surface area contributed by atoms with Crippen LogP contribution >= 0.6 is 0 Å². The fourth-order valence-corrected chi connectivity index (χ4v) is 4.32. The van der Waals surface area contributed by atoms with Gasteiger partial charge in [0.1, 0.15) is 5.82 Å². The molecule has 2 aliphatic rings. The van der Waals surface area contributed by atoms with E-state index in [1.807, 2.05) is 6.07 Å². The number of ether oxygens (including phenoxy) is 1. The van der Waals surface area contributed by atoms with Crippen LogP contribution in [0.15, 0.2) is 48.5 Å². The molecule has 2 aromatic carbocycles. The molecule has 3 aromatic rings. The number of fused-ring (bicyclic) bond motifs is 1. The first-order valence-corrected chi connectivity index (χ1v) is 10.1. The molecule has 0 N–H and O–H groups in total. The second kappa shape index (κ2) is 7.54. The number of imidazole rings is 1. The molecule has 0 radical (unpaired) electrons. The van der Waals surface area contributed by atoms with Crippen molar-refractivity contribution >= 4 is 16.7 Å². The highest BCUT2D eigenvalue weighted by Crippen LogP contribution is 2.27. The summed E-state index contributed by atoms with van der Waals surface area (Å²) in [5.41, 5.74) is 4.67. The Balaban J connectivity index is 1.34. The van der Waals surface area contributed by atoms with E-state index in [1.165, 1.54) is 16.8 Å². The molecular formula is C22H27N5O. The lowest BCUT2D eigenvalue weighted by Gasteiger charge is -2.43. The zero-order valence-corrected chi connectivity index (χ0v) is 16.4. The number of nitrogens with zero attached hydrogens (tertiary/aromatic N) is 5. The van der Waals surface area contributed by atoms with Crippen molar-refractivity contribution in [3.05, 3.63) is 48.5 Å². The summed E-state index contributed by atoms with van der Waals surface area (Å²) in [6.07, 6.45) is 0. The van der Waals surface area contributed by atoms with Gasteiger partial charge in [-0.05, 0) is 24.3 Å². The Bertz CT molecular complexity index is 954. The van der Waals surface area contributed by atoms with Gasteiger partial charge in [-0.15, -0.1) is 0 Å². The molecule has 0 saturated carbocycles. The van der Waals surface area contributed by atoms with Crippen LogP contribution in [0.2, 0.25) is 0 Å². The maximum atomic E-state index is 5.48. The smallest absolute Gasteiger partial charge is 0.140 e. The van der Waals surface area contributed by atoms with Crippen molar-refractivity contribution in [2.45, 2.75) is 0 Å². The molecule has 0 unspecified atom stereocenters. The zero-order valence-electron chi connectivity index (χ0n) is 16.4. The first-order valence-electron chi connectivity index (χ1n) is 10.1. The molecule has 2 fully saturated rings. The van der Waals surface area contributed by atoms with Gasteiger partial charge in [-0.2, -0.15) is 0 Å². The second-order valence-corrected chi connectivity index (χ2v) is 7.54. The molecule has 6 heteroatoms. The summed E-state index contributed by atoms with van der Waals surface area (Å²) in [5, 5.41) is 4.95. The van der Waals surface area contributed by atoms with Crippen molar-refractivity contribution in [3.63, 3.8) is 0 Å². The maximum Gasteiger partial charge on any atom is 0.140 e. The largest absolute Gasteiger partial charge is 0.379 e. The van der Waals surface area contributed by atoms with Gasteiger partial charge in [0.05, 0.1) is 24.2 Å². The normalized spacial score (nSPS) is 19.4. The second-order valence-electron chi connectivity index (χ2n) is 7.54. The van der Waals surface area contributed by atoms with E-state index in [0.717, 1.165) is 63.8 Å². The summed E-state index contributed by atoms with van der Waals surface area (Å²) >= 11 is 0. The molecule has 146 valence electrons. The first kappa shape index (κ1) is 17.7. The Hall–Kier alpha value is -2.41. The summed E-state index contributed by atoms with van der Waals surface area (Å²) in [7, 11) is 2.10. The van der Waals surface area contributed by atoms with Gasteiger partial charge in [-0.25, -0.2) is 15.0 Å². The Kier molecular flexibility index (Phi) is 4.76. The number of aromatic nitrogens is 2. The van der Waals surface area contributed by atoms with E-state index in [0.29, 0.717) is 0 Å². The Morgan fingerprint density at radius 3 is 2.36 bits per heavy atom. The van der Waals surface area contributed by atoms with E-state index in [4.69, 9.17) is 9.72 Å². The van der Waals surface area contributed by atoms with Gasteiger partial charge in [-0.3, -0.25) is 0 Å². The van der Waals surface area contributed by atoms with Crippen LogP contribution in [-0.2, 0) is 11.8 Å². The maximum absolute atomic E-state index is 5.48. The number of hydrazine groups is 1. The van der Waals surface area contributed by atoms with E-state index in [2.05, 4.69) is 69.0 Å². The number of rotatable bonds is 3. The van der Waals surface area contributed by atoms with Crippen LogP contribution in [0.3, 0.4) is 0 Å². The minimum absolute atomic E-state index is 0.847. The van der Waals surface area contributed by atoms with Crippen LogP contribution in [0.4, 0.5) is 5.69 Å². The zero-order chi connectivity index (χ0) is 18.9. The molecule has 0 atom stereocenters. The van der Waals surface area contributed by atoms with Crippen molar-refractivity contribution < 1.29 is 4.74 Å². The van der Waals surface area contributed by atoms with Gasteiger partial charge in [0.15, 0.2) is 0 Å². The van der Waals surface area contributed by atoms with Crippen LogP contribution in [0.5, 0.6) is 0 Å². The number of hydrogen-bond acceptors (Lipinski definition) is 5. The van der Waals surface area contributed by atoms with Gasteiger partial charge >= 0.3 is 0 Å². The molecule has 1 aromatic heterocycles. The minimum Gasteiger partial charge on any atom is -0.379 e. The highest BCUT2D eigenvalue weighted by atomic mass is 16.5. The third-order valence-corrected chi connectivity index (χ3v) is 5.90. The van der Waals surface area contributed by atoms with Crippen molar-refractivity contribution in [3.8, 4) is 11.4 Å². The van der Waals surface area contributed by atoms with Crippen molar-refractivity contribution in [1.82, 2.24) is 19.6 Å². The topological polar surface area (TPSA) is 36.8 Å². The molecule has 0 spiro atoms. The summed E-state index contributed by atoms with van der Waals surface area (Å²) in [4.78, 5) is 7.35. The molecule has 0 amide bonds. The molecule has 0 aliphatic carbocycles. The summed E-state index contributed by atoms with van der Waals surface area (Å²) in [6.45, 7) is 7.95. The molecule has 28 heavy (non-hydrogen) atoms. The van der Waals surface area contributed by atoms with Crippen molar-refractivity contribution in [2.75, 3.05) is 57.4 Å². The molecule has 3 heterocycles. The standard InChI is InChI=1S/C22H27N5O/c1-24-21-8-3-2-7-20(21)23-22(24)18-5-4-6-19(17-18)25-9-11-26(12-10-25)27-13-15-28-16-14-27/h2-8,17H,9-16H2,1H3. The molecule has 0 bridgehead atoms. The SMILES string of the molecule is Cn1c(-c2cccc(N3CCN(N4CCOCC4)CC3)c2)nc2ccccc21. The van der Waals surface area contributed by atoms with Crippen LogP contribution in [0.1, 0.15) is 0 Å². The number of piperazine rings is 1. The van der Waals surface area contributed by atoms with E-state index >= 15 is 0 Å². The predicted molar refractivity (Wildman–Crippen MR) is 112 cm³/mol. The lowest BCUT2D eigenvalue weighted by atomic mass is 10.1. The average molecular weight is 377 g/mol. The highest BCUT2D eigenvalue weighted by molar-refractivity contribution is 5.81. The number of aryl methyl sites for hydroxylation is 1. The summed E-state index contributed by atoms with van der Waals surface area (Å²) < 4.78 is 7.67. The number of benzene rings is 2. The summed E-state index contributed by atoms with van der Waals surface area (Å²) in [5.74, 6) is 1.02. The Labute approximate surface area is 165 Å². The number of morpholine rings is 1. The predicted octanol–water partition coefficient (Wildman–Crippen LogP) is 2.61. The fraction of sp³-hybridized carbons (Fsp3) is 0.409.